The summed E-state index contributed by atoms with van der Waals surface area (Å²) in [6.45, 7) is 2.08. The smallest absolute Gasteiger partial charge is 0.263 e. The van der Waals surface area contributed by atoms with E-state index in [2.05, 4.69) is 12.2 Å². The Morgan fingerprint density at radius 1 is 1.33 bits per heavy atom. The number of benzene rings is 1. The van der Waals surface area contributed by atoms with Gasteiger partial charge < -0.3 is 5.32 Å². The summed E-state index contributed by atoms with van der Waals surface area (Å²) in [5.41, 5.74) is 1.10. The van der Waals surface area contributed by atoms with Gasteiger partial charge in [0.2, 0.25) is 0 Å². The summed E-state index contributed by atoms with van der Waals surface area (Å²) in [5, 5.41) is 3.12. The van der Waals surface area contributed by atoms with E-state index in [1.165, 1.54) is 6.07 Å². The van der Waals surface area contributed by atoms with E-state index < -0.39 is 6.43 Å². The van der Waals surface area contributed by atoms with E-state index in [-0.39, 0.29) is 5.56 Å². The first-order valence-corrected chi connectivity index (χ1v) is 5.17. The topological polar surface area (TPSA) is 12.0 Å². The van der Waals surface area contributed by atoms with Crippen LogP contribution in [-0.2, 0) is 6.42 Å². The Kier molecular flexibility index (Phi) is 4.69. The molecule has 0 aromatic heterocycles. The second kappa shape index (κ2) is 5.81. The van der Waals surface area contributed by atoms with Gasteiger partial charge in [-0.15, -0.1) is 0 Å². The predicted octanol–water partition coefficient (Wildman–Crippen LogP) is 3.16. The average molecular weight is 213 g/mol. The Bertz CT molecular complexity index is 299. The van der Waals surface area contributed by atoms with Crippen molar-refractivity contribution in [2.75, 3.05) is 7.05 Å². The van der Waals surface area contributed by atoms with Crippen LogP contribution < -0.4 is 5.32 Å². The van der Waals surface area contributed by atoms with E-state index in [0.717, 1.165) is 18.4 Å². The van der Waals surface area contributed by atoms with Gasteiger partial charge in [-0.2, -0.15) is 0 Å². The molecule has 3 heteroatoms. The third-order valence-corrected chi connectivity index (χ3v) is 2.56. The van der Waals surface area contributed by atoms with Crippen LogP contribution in [0.3, 0.4) is 0 Å². The predicted molar refractivity (Wildman–Crippen MR) is 58.2 cm³/mol. The van der Waals surface area contributed by atoms with Crippen LogP contribution in [0.5, 0.6) is 0 Å². The van der Waals surface area contributed by atoms with Crippen molar-refractivity contribution in [1.82, 2.24) is 5.32 Å². The summed E-state index contributed by atoms with van der Waals surface area (Å²) in [6, 6.07) is 7.07. The molecule has 15 heavy (non-hydrogen) atoms. The molecule has 0 aliphatic carbocycles. The lowest BCUT2D eigenvalue weighted by Crippen LogP contribution is -2.21. The Balaban J connectivity index is 2.58. The highest BCUT2D eigenvalue weighted by Crippen LogP contribution is 2.20. The van der Waals surface area contributed by atoms with E-state index in [9.17, 15) is 8.78 Å². The highest BCUT2D eigenvalue weighted by Gasteiger charge is 2.07. The fourth-order valence-corrected chi connectivity index (χ4v) is 1.41. The summed E-state index contributed by atoms with van der Waals surface area (Å²) in [4.78, 5) is 0. The zero-order valence-electron chi connectivity index (χ0n) is 9.13. The molecular weight excluding hydrogens is 196 g/mol. The quantitative estimate of drug-likeness (QED) is 0.792. The van der Waals surface area contributed by atoms with Gasteiger partial charge in [-0.1, -0.05) is 24.3 Å². The average Bonchev–Trinajstić information content (AvgIpc) is 2.26. The molecule has 0 amide bonds. The van der Waals surface area contributed by atoms with Gasteiger partial charge in [-0.3, -0.25) is 0 Å². The van der Waals surface area contributed by atoms with Crippen molar-refractivity contribution in [3.63, 3.8) is 0 Å². The molecule has 1 aromatic carbocycles. The zero-order chi connectivity index (χ0) is 11.3. The molecule has 0 bridgehead atoms. The summed E-state index contributed by atoms with van der Waals surface area (Å²) in [5.74, 6) is 0. The summed E-state index contributed by atoms with van der Waals surface area (Å²) in [7, 11) is 1.90. The highest BCUT2D eigenvalue weighted by atomic mass is 19.3. The van der Waals surface area contributed by atoms with Gasteiger partial charge in [0.05, 0.1) is 0 Å². The normalized spacial score (nSPS) is 13.1. The number of halogens is 2. The van der Waals surface area contributed by atoms with Crippen LogP contribution in [0.4, 0.5) is 8.78 Å². The largest absolute Gasteiger partial charge is 0.317 e. The molecule has 84 valence electrons. The van der Waals surface area contributed by atoms with E-state index >= 15 is 0 Å². The number of alkyl halides is 2. The minimum Gasteiger partial charge on any atom is -0.317 e. The first-order chi connectivity index (χ1) is 7.13. The number of aryl methyl sites for hydroxylation is 1. The van der Waals surface area contributed by atoms with Crippen molar-refractivity contribution < 1.29 is 8.78 Å². The van der Waals surface area contributed by atoms with Crippen molar-refractivity contribution in [1.29, 1.82) is 0 Å². The lowest BCUT2D eigenvalue weighted by atomic mass is 10.0. The molecule has 0 saturated carbocycles. The van der Waals surface area contributed by atoms with E-state index in [1.54, 1.807) is 12.1 Å². The number of hydrogen-bond donors (Lipinski definition) is 1. The molecule has 0 aliphatic rings. The number of nitrogens with one attached hydrogen (secondary N) is 1. The minimum atomic E-state index is -2.37. The Morgan fingerprint density at radius 3 is 2.67 bits per heavy atom. The van der Waals surface area contributed by atoms with Crippen LogP contribution in [0.15, 0.2) is 24.3 Å². The van der Waals surface area contributed by atoms with Gasteiger partial charge >= 0.3 is 0 Å². The molecule has 0 heterocycles. The monoisotopic (exact) mass is 213 g/mol. The van der Waals surface area contributed by atoms with Crippen LogP contribution in [0, 0.1) is 0 Å². The molecule has 0 spiro atoms. The third kappa shape index (κ3) is 3.96. The van der Waals surface area contributed by atoms with Gasteiger partial charge in [-0.25, -0.2) is 8.78 Å². The molecule has 1 unspecified atom stereocenters. The molecule has 1 atom stereocenters. The maximum atomic E-state index is 12.4. The fourth-order valence-electron chi connectivity index (χ4n) is 1.41. The van der Waals surface area contributed by atoms with Gasteiger partial charge in [0.1, 0.15) is 0 Å². The van der Waals surface area contributed by atoms with E-state index in [0.29, 0.717) is 6.04 Å². The molecule has 0 aliphatic heterocycles. The number of hydrogen-bond acceptors (Lipinski definition) is 1. The minimum absolute atomic E-state index is 0.115. The summed E-state index contributed by atoms with van der Waals surface area (Å²) in [6.07, 6.45) is -0.571. The molecule has 1 N–H and O–H groups in total. The first-order valence-electron chi connectivity index (χ1n) is 5.17. The number of rotatable bonds is 5. The van der Waals surface area contributed by atoms with Crippen molar-refractivity contribution in [3.05, 3.63) is 35.4 Å². The van der Waals surface area contributed by atoms with Crippen molar-refractivity contribution in [2.24, 2.45) is 0 Å². The van der Waals surface area contributed by atoms with Crippen LogP contribution in [-0.4, -0.2) is 13.1 Å². The molecule has 0 fully saturated rings. The summed E-state index contributed by atoms with van der Waals surface area (Å²) < 4.78 is 24.8. The van der Waals surface area contributed by atoms with Crippen molar-refractivity contribution in [3.8, 4) is 0 Å². The molecule has 1 rings (SSSR count). The first kappa shape index (κ1) is 12.1. The highest BCUT2D eigenvalue weighted by molar-refractivity contribution is 5.24. The summed E-state index contributed by atoms with van der Waals surface area (Å²) >= 11 is 0. The van der Waals surface area contributed by atoms with Crippen LogP contribution in [0.25, 0.3) is 0 Å². The molecule has 1 nitrogen and oxygen atoms in total. The lowest BCUT2D eigenvalue weighted by Gasteiger charge is -2.10. The molecular formula is C12H17F2N. The third-order valence-electron chi connectivity index (χ3n) is 2.56. The SMILES string of the molecule is CNC(C)CCc1cccc(C(F)F)c1. The Labute approximate surface area is 89.5 Å². The van der Waals surface area contributed by atoms with Crippen molar-refractivity contribution >= 4 is 0 Å². The maximum absolute atomic E-state index is 12.4. The van der Waals surface area contributed by atoms with Crippen LogP contribution in [0.1, 0.15) is 30.9 Å². The van der Waals surface area contributed by atoms with E-state index in [1.807, 2.05) is 13.1 Å². The van der Waals surface area contributed by atoms with Gasteiger partial charge in [0.25, 0.3) is 6.43 Å². The standard InChI is InChI=1S/C12H17F2N/c1-9(15-2)6-7-10-4-3-5-11(8-10)12(13)14/h3-5,8-9,12,15H,6-7H2,1-2H3. The Morgan fingerprint density at radius 2 is 2.07 bits per heavy atom. The van der Waals surface area contributed by atoms with Gasteiger partial charge in [-0.05, 0) is 32.4 Å². The Hall–Kier alpha value is -0.960. The lowest BCUT2D eigenvalue weighted by molar-refractivity contribution is 0.151. The maximum Gasteiger partial charge on any atom is 0.263 e. The molecule has 0 radical (unpaired) electrons. The van der Waals surface area contributed by atoms with Crippen molar-refractivity contribution in [2.45, 2.75) is 32.2 Å². The van der Waals surface area contributed by atoms with Crippen LogP contribution >= 0.6 is 0 Å². The zero-order valence-corrected chi connectivity index (χ0v) is 9.13. The molecule has 1 aromatic rings. The second-order valence-electron chi connectivity index (χ2n) is 3.77. The molecule has 0 saturated heterocycles. The fraction of sp³-hybridized carbons (Fsp3) is 0.500. The van der Waals surface area contributed by atoms with Gasteiger partial charge in [0, 0.05) is 11.6 Å². The second-order valence-corrected chi connectivity index (χ2v) is 3.77. The van der Waals surface area contributed by atoms with Crippen LogP contribution in [0.2, 0.25) is 0 Å². The van der Waals surface area contributed by atoms with Gasteiger partial charge in [0.15, 0.2) is 0 Å². The van der Waals surface area contributed by atoms with E-state index in [4.69, 9.17) is 0 Å².